The van der Waals surface area contributed by atoms with E-state index in [0.717, 1.165) is 18.5 Å². The van der Waals surface area contributed by atoms with E-state index in [-0.39, 0.29) is 18.6 Å². The molecular weight excluding hydrogens is 250 g/mol. The molecule has 1 amide bonds. The summed E-state index contributed by atoms with van der Waals surface area (Å²) in [5.74, 6) is 6.50. The van der Waals surface area contributed by atoms with E-state index in [2.05, 4.69) is 25.7 Å². The molecule has 1 aromatic rings. The minimum absolute atomic E-state index is 0.0454. The lowest BCUT2D eigenvalue weighted by Crippen LogP contribution is -2.34. The maximum absolute atomic E-state index is 12.7. The molecule has 2 unspecified atom stereocenters. The molecule has 0 aliphatic carbocycles. The maximum atomic E-state index is 12.7. The Labute approximate surface area is 120 Å². The highest BCUT2D eigenvalue weighted by molar-refractivity contribution is 5.97. The van der Waals surface area contributed by atoms with Crippen LogP contribution in [0.15, 0.2) is 24.3 Å². The van der Waals surface area contributed by atoms with Gasteiger partial charge in [-0.05, 0) is 31.4 Å². The molecule has 0 radical (unpaired) electrons. The number of carbonyl (C=O) groups is 1. The van der Waals surface area contributed by atoms with Crippen LogP contribution in [-0.4, -0.2) is 35.1 Å². The fraction of sp³-hybridized carbons (Fsp3) is 0.471. The van der Waals surface area contributed by atoms with Crippen LogP contribution in [0.5, 0.6) is 0 Å². The Hall–Kier alpha value is -1.79. The molecule has 0 aromatic heterocycles. The number of aliphatic hydroxyl groups is 1. The van der Waals surface area contributed by atoms with Crippen LogP contribution in [0.3, 0.4) is 0 Å². The molecule has 3 nitrogen and oxygen atoms in total. The van der Waals surface area contributed by atoms with Crippen molar-refractivity contribution in [3.63, 3.8) is 0 Å². The fourth-order valence-electron chi connectivity index (χ4n) is 2.73. The van der Waals surface area contributed by atoms with Crippen molar-refractivity contribution in [2.24, 2.45) is 5.92 Å². The lowest BCUT2D eigenvalue weighted by atomic mass is 10.1. The van der Waals surface area contributed by atoms with Gasteiger partial charge in [-0.3, -0.25) is 4.79 Å². The number of hydrogen-bond donors (Lipinski definition) is 1. The number of amides is 1. The molecule has 1 aliphatic rings. The van der Waals surface area contributed by atoms with Crippen molar-refractivity contribution in [3.8, 4) is 11.8 Å². The van der Waals surface area contributed by atoms with E-state index in [1.54, 1.807) is 0 Å². The minimum Gasteiger partial charge on any atom is -0.395 e. The molecule has 1 aliphatic heterocycles. The monoisotopic (exact) mass is 271 g/mol. The van der Waals surface area contributed by atoms with Gasteiger partial charge in [0, 0.05) is 24.6 Å². The highest BCUT2D eigenvalue weighted by Crippen LogP contribution is 2.25. The number of benzene rings is 1. The number of rotatable bonds is 2. The van der Waals surface area contributed by atoms with Gasteiger partial charge in [0.25, 0.3) is 5.91 Å². The lowest BCUT2D eigenvalue weighted by Gasteiger charge is -2.22. The van der Waals surface area contributed by atoms with Gasteiger partial charge in [-0.2, -0.15) is 0 Å². The van der Waals surface area contributed by atoms with E-state index in [4.69, 9.17) is 5.11 Å². The standard InChI is InChI=1S/C17H21NO2/c1-13-11-14(2)18(12-13)17(20)16-9-4-3-7-15(16)8-5-6-10-19/h3-4,7,9,13-14,19H,6,10-12H2,1-2H3. The predicted molar refractivity (Wildman–Crippen MR) is 79.3 cm³/mol. The summed E-state index contributed by atoms with van der Waals surface area (Å²) in [6.07, 6.45) is 1.49. The lowest BCUT2D eigenvalue weighted by molar-refractivity contribution is 0.0743. The first-order valence-corrected chi connectivity index (χ1v) is 7.13. The van der Waals surface area contributed by atoms with Gasteiger partial charge < -0.3 is 10.0 Å². The van der Waals surface area contributed by atoms with Crippen molar-refractivity contribution in [1.82, 2.24) is 4.90 Å². The molecule has 0 spiro atoms. The molecule has 20 heavy (non-hydrogen) atoms. The molecule has 1 heterocycles. The third-order valence-electron chi connectivity index (χ3n) is 3.66. The van der Waals surface area contributed by atoms with Crippen LogP contribution in [0.2, 0.25) is 0 Å². The van der Waals surface area contributed by atoms with Gasteiger partial charge in [0.1, 0.15) is 0 Å². The molecule has 1 N–H and O–H groups in total. The van der Waals surface area contributed by atoms with Crippen LogP contribution in [0.4, 0.5) is 0 Å². The second kappa shape index (κ2) is 6.58. The summed E-state index contributed by atoms with van der Waals surface area (Å²) in [6.45, 7) is 5.14. The van der Waals surface area contributed by atoms with Crippen molar-refractivity contribution in [1.29, 1.82) is 0 Å². The molecule has 1 aromatic carbocycles. The van der Waals surface area contributed by atoms with Crippen LogP contribution in [0, 0.1) is 17.8 Å². The van der Waals surface area contributed by atoms with Crippen molar-refractivity contribution >= 4 is 5.91 Å². The molecule has 0 bridgehead atoms. The fourth-order valence-corrected chi connectivity index (χ4v) is 2.73. The molecule has 106 valence electrons. The van der Waals surface area contributed by atoms with E-state index in [9.17, 15) is 4.79 Å². The van der Waals surface area contributed by atoms with Gasteiger partial charge in [-0.1, -0.05) is 30.9 Å². The second-order valence-electron chi connectivity index (χ2n) is 5.47. The number of aliphatic hydroxyl groups excluding tert-OH is 1. The molecule has 2 atom stereocenters. The van der Waals surface area contributed by atoms with Crippen LogP contribution < -0.4 is 0 Å². The van der Waals surface area contributed by atoms with Gasteiger partial charge >= 0.3 is 0 Å². The highest BCUT2D eigenvalue weighted by Gasteiger charge is 2.31. The van der Waals surface area contributed by atoms with E-state index in [1.807, 2.05) is 29.2 Å². The molecule has 1 fully saturated rings. The minimum atomic E-state index is 0.0454. The smallest absolute Gasteiger partial charge is 0.255 e. The number of likely N-dealkylation sites (tertiary alicyclic amines) is 1. The Balaban J connectivity index is 2.24. The average molecular weight is 271 g/mol. The van der Waals surface area contributed by atoms with Crippen molar-refractivity contribution in [2.75, 3.05) is 13.2 Å². The SMILES string of the molecule is CC1CC(C)N(C(=O)c2ccccc2C#CCCO)C1. The second-order valence-corrected chi connectivity index (χ2v) is 5.47. The summed E-state index contributed by atoms with van der Waals surface area (Å²) >= 11 is 0. The van der Waals surface area contributed by atoms with E-state index >= 15 is 0 Å². The summed E-state index contributed by atoms with van der Waals surface area (Å²) in [5, 5.41) is 8.78. The van der Waals surface area contributed by atoms with Crippen LogP contribution in [0.25, 0.3) is 0 Å². The summed E-state index contributed by atoms with van der Waals surface area (Å²) in [4.78, 5) is 14.6. The average Bonchev–Trinajstić information content (AvgIpc) is 2.78. The van der Waals surface area contributed by atoms with Gasteiger partial charge in [-0.25, -0.2) is 0 Å². The Morgan fingerprint density at radius 3 is 2.80 bits per heavy atom. The Bertz CT molecular complexity index is 541. The van der Waals surface area contributed by atoms with Crippen molar-refractivity contribution in [3.05, 3.63) is 35.4 Å². The summed E-state index contributed by atoms with van der Waals surface area (Å²) in [7, 11) is 0. The molecule has 1 saturated heterocycles. The number of carbonyl (C=O) groups excluding carboxylic acids is 1. The summed E-state index contributed by atoms with van der Waals surface area (Å²) in [6, 6.07) is 7.74. The van der Waals surface area contributed by atoms with Crippen molar-refractivity contribution < 1.29 is 9.90 Å². The van der Waals surface area contributed by atoms with Crippen LogP contribution >= 0.6 is 0 Å². The maximum Gasteiger partial charge on any atom is 0.255 e. The summed E-state index contributed by atoms with van der Waals surface area (Å²) in [5.41, 5.74) is 1.41. The van der Waals surface area contributed by atoms with E-state index in [0.29, 0.717) is 17.9 Å². The topological polar surface area (TPSA) is 40.5 Å². The van der Waals surface area contributed by atoms with E-state index in [1.165, 1.54) is 0 Å². The normalized spacial score (nSPS) is 21.4. The summed E-state index contributed by atoms with van der Waals surface area (Å²) < 4.78 is 0. The van der Waals surface area contributed by atoms with Gasteiger partial charge in [0.05, 0.1) is 12.2 Å². The Morgan fingerprint density at radius 1 is 1.40 bits per heavy atom. The Kier molecular flexibility index (Phi) is 4.81. The molecule has 0 saturated carbocycles. The third kappa shape index (κ3) is 3.20. The zero-order chi connectivity index (χ0) is 14.5. The largest absolute Gasteiger partial charge is 0.395 e. The predicted octanol–water partition coefficient (Wildman–Crippen LogP) is 2.29. The zero-order valence-corrected chi connectivity index (χ0v) is 12.1. The quantitative estimate of drug-likeness (QED) is 0.838. The van der Waals surface area contributed by atoms with Crippen molar-refractivity contribution in [2.45, 2.75) is 32.7 Å². The van der Waals surface area contributed by atoms with Crippen LogP contribution in [0.1, 0.15) is 42.6 Å². The Morgan fingerprint density at radius 2 is 2.15 bits per heavy atom. The first-order valence-electron chi connectivity index (χ1n) is 7.13. The van der Waals surface area contributed by atoms with Gasteiger partial charge in [-0.15, -0.1) is 0 Å². The van der Waals surface area contributed by atoms with Crippen LogP contribution in [-0.2, 0) is 0 Å². The van der Waals surface area contributed by atoms with Gasteiger partial charge in [0.2, 0.25) is 0 Å². The first kappa shape index (κ1) is 14.6. The molecule has 2 rings (SSSR count). The highest BCUT2D eigenvalue weighted by atomic mass is 16.2. The molecule has 3 heteroatoms. The van der Waals surface area contributed by atoms with E-state index < -0.39 is 0 Å². The van der Waals surface area contributed by atoms with Gasteiger partial charge in [0.15, 0.2) is 0 Å². The number of hydrogen-bond acceptors (Lipinski definition) is 2. The number of nitrogens with zero attached hydrogens (tertiary/aromatic N) is 1. The molecular formula is C17H21NO2. The zero-order valence-electron chi connectivity index (χ0n) is 12.1. The third-order valence-corrected chi connectivity index (χ3v) is 3.66. The first-order chi connectivity index (χ1) is 9.63.